The number of nitrogens with one attached hydrogen (secondary N) is 1. The second-order valence-corrected chi connectivity index (χ2v) is 9.41. The number of carbonyl (C=O) groups excluding carboxylic acids is 3. The van der Waals surface area contributed by atoms with E-state index in [1.54, 1.807) is 12.3 Å². The number of rotatable bonds is 8. The van der Waals surface area contributed by atoms with Gasteiger partial charge in [-0.05, 0) is 43.2 Å². The molecule has 2 aliphatic rings. The number of hydrogen-bond donors (Lipinski definition) is 1. The molecule has 0 saturated carbocycles. The van der Waals surface area contributed by atoms with Crippen LogP contribution >= 0.6 is 36.6 Å². The zero-order valence-corrected chi connectivity index (χ0v) is 21.9. The van der Waals surface area contributed by atoms with Crippen LogP contribution in [0.5, 0.6) is 0 Å². The van der Waals surface area contributed by atoms with Gasteiger partial charge in [-0.3, -0.25) is 28.6 Å². The van der Waals surface area contributed by atoms with E-state index >= 15 is 0 Å². The van der Waals surface area contributed by atoms with Crippen LogP contribution in [0.4, 0.5) is 0 Å². The first-order valence-electron chi connectivity index (χ1n) is 11.3. The number of hydrogen-bond acceptors (Lipinski definition) is 6. The molecule has 3 aromatic rings. The fourth-order valence-corrected chi connectivity index (χ4v) is 5.28. The van der Waals surface area contributed by atoms with Gasteiger partial charge in [-0.2, -0.15) is 0 Å². The molecule has 1 saturated heterocycles. The van der Waals surface area contributed by atoms with E-state index in [-0.39, 0.29) is 68.7 Å². The number of thioether (sulfide) groups is 1. The van der Waals surface area contributed by atoms with Crippen molar-refractivity contribution in [3.8, 4) is 0 Å². The highest BCUT2D eigenvalue weighted by Crippen LogP contribution is 2.34. The van der Waals surface area contributed by atoms with Gasteiger partial charge in [0.15, 0.2) is 0 Å². The molecule has 3 amide bonds. The van der Waals surface area contributed by atoms with E-state index in [4.69, 9.17) is 0 Å². The quantitative estimate of drug-likeness (QED) is 0.436. The molecule has 36 heavy (non-hydrogen) atoms. The Morgan fingerprint density at radius 1 is 0.972 bits per heavy atom. The second kappa shape index (κ2) is 12.4. The van der Waals surface area contributed by atoms with Crippen LogP contribution in [0.2, 0.25) is 0 Å². The number of piperazine rings is 1. The van der Waals surface area contributed by atoms with E-state index in [2.05, 4.69) is 22.4 Å². The number of amides is 3. The lowest BCUT2D eigenvalue weighted by molar-refractivity contribution is -0.151. The minimum atomic E-state index is -0.228. The monoisotopic (exact) mass is 547 g/mol. The average Bonchev–Trinajstić information content (AvgIpc) is 3.26. The molecule has 0 aliphatic carbocycles. The first kappa shape index (κ1) is 27.7. The lowest BCUT2D eigenvalue weighted by Crippen LogP contribution is -2.55. The molecule has 0 bridgehead atoms. The van der Waals surface area contributed by atoms with E-state index < -0.39 is 0 Å². The Hall–Kier alpha value is -2.85. The summed E-state index contributed by atoms with van der Waals surface area (Å²) in [5.41, 5.74) is 2.94. The van der Waals surface area contributed by atoms with Gasteiger partial charge in [0.1, 0.15) is 5.65 Å². The summed E-state index contributed by atoms with van der Waals surface area (Å²) in [6.45, 7) is 1.54. The third-order valence-corrected chi connectivity index (χ3v) is 7.01. The van der Waals surface area contributed by atoms with Gasteiger partial charge in [0, 0.05) is 13.1 Å². The van der Waals surface area contributed by atoms with Crippen molar-refractivity contribution >= 4 is 66.0 Å². The molecule has 5 rings (SSSR count). The van der Waals surface area contributed by atoms with Gasteiger partial charge in [0.2, 0.25) is 11.8 Å². The summed E-state index contributed by atoms with van der Waals surface area (Å²) in [5.74, 6) is -0.659. The Kier molecular flexibility index (Phi) is 9.56. The summed E-state index contributed by atoms with van der Waals surface area (Å²) < 4.78 is 2.00. The molecule has 0 spiro atoms. The van der Waals surface area contributed by atoms with Gasteiger partial charge in [0.25, 0.3) is 5.91 Å². The molecule has 0 radical (unpaired) electrons. The van der Waals surface area contributed by atoms with Gasteiger partial charge in [-0.1, -0.05) is 48.2 Å². The van der Waals surface area contributed by atoms with Crippen molar-refractivity contribution < 1.29 is 14.4 Å². The van der Waals surface area contributed by atoms with Crippen molar-refractivity contribution in [1.29, 1.82) is 0 Å². The lowest BCUT2D eigenvalue weighted by Gasteiger charge is -2.32. The number of pyridine rings is 1. The minimum absolute atomic E-state index is 0. The second-order valence-electron chi connectivity index (χ2n) is 8.35. The molecule has 4 heterocycles. The Labute approximate surface area is 225 Å². The fourth-order valence-electron chi connectivity index (χ4n) is 4.27. The number of halogens is 2. The van der Waals surface area contributed by atoms with Crippen LogP contribution in [0.3, 0.4) is 0 Å². The number of benzene rings is 1. The van der Waals surface area contributed by atoms with Crippen molar-refractivity contribution in [2.45, 2.75) is 17.9 Å². The maximum Gasteiger partial charge on any atom is 0.258 e. The van der Waals surface area contributed by atoms with Gasteiger partial charge in [-0.25, -0.2) is 4.98 Å². The molecule has 1 aromatic carbocycles. The third kappa shape index (κ3) is 6.10. The topological polar surface area (TPSA) is 87.0 Å². The summed E-state index contributed by atoms with van der Waals surface area (Å²) >= 11 is 1.37. The van der Waals surface area contributed by atoms with Crippen LogP contribution in [0.25, 0.3) is 11.7 Å². The molecule has 0 atom stereocenters. The van der Waals surface area contributed by atoms with Crippen LogP contribution in [-0.4, -0.2) is 69.6 Å². The summed E-state index contributed by atoms with van der Waals surface area (Å²) in [6.07, 6.45) is 5.35. The maximum atomic E-state index is 12.7. The Morgan fingerprint density at radius 2 is 1.72 bits per heavy atom. The maximum absolute atomic E-state index is 12.7. The highest BCUT2D eigenvalue weighted by molar-refractivity contribution is 8.04. The standard InChI is InChI=1S/C25H25N5O3S.2ClH/c31-22-16-28(12-5-8-18-6-2-1-3-7-18)17-23(32)29(22)13-11-26-25(33)20-14-19-15-27-21-9-4-10-24(34-20)30(19)21;;/h1-4,6-7,9-10,14-15H,5,8,11-13,16-17H2,(H,26,33);2*1H. The molecule has 0 unspecified atom stereocenters. The van der Waals surface area contributed by atoms with Crippen LogP contribution < -0.4 is 5.32 Å². The SMILES string of the molecule is Cl.Cl.O=C(NCCN1C(=O)CN(CCCc2ccccc2)CC1=O)C1=Cc2cnc3cccc(n23)S1. The van der Waals surface area contributed by atoms with Crippen LogP contribution in [0.1, 0.15) is 17.7 Å². The number of aromatic nitrogens is 2. The van der Waals surface area contributed by atoms with Crippen LogP contribution in [-0.2, 0) is 20.8 Å². The third-order valence-electron chi connectivity index (χ3n) is 5.96. The first-order valence-corrected chi connectivity index (χ1v) is 12.1. The molecule has 2 aliphatic heterocycles. The molecule has 8 nitrogen and oxygen atoms in total. The van der Waals surface area contributed by atoms with Crippen molar-refractivity contribution in [3.63, 3.8) is 0 Å². The Balaban J connectivity index is 0.00000180. The summed E-state index contributed by atoms with van der Waals surface area (Å²) in [4.78, 5) is 45.9. The molecule has 1 N–H and O–H groups in total. The first-order chi connectivity index (χ1) is 16.6. The number of carbonyl (C=O) groups is 3. The molecular weight excluding hydrogens is 521 g/mol. The normalized spacial score (nSPS) is 15.2. The van der Waals surface area contributed by atoms with Gasteiger partial charge < -0.3 is 5.32 Å². The summed E-state index contributed by atoms with van der Waals surface area (Å²) in [6, 6.07) is 16.0. The van der Waals surface area contributed by atoms with E-state index in [0.29, 0.717) is 11.4 Å². The smallest absolute Gasteiger partial charge is 0.258 e. The highest BCUT2D eigenvalue weighted by atomic mass is 35.5. The zero-order chi connectivity index (χ0) is 23.5. The van der Waals surface area contributed by atoms with Gasteiger partial charge >= 0.3 is 0 Å². The average molecular weight is 548 g/mol. The predicted molar refractivity (Wildman–Crippen MR) is 144 cm³/mol. The number of nitrogens with zero attached hydrogens (tertiary/aromatic N) is 4. The predicted octanol–water partition coefficient (Wildman–Crippen LogP) is 3.04. The van der Waals surface area contributed by atoms with E-state index in [1.807, 2.05) is 45.7 Å². The summed E-state index contributed by atoms with van der Waals surface area (Å²) in [7, 11) is 0. The van der Waals surface area contributed by atoms with E-state index in [1.165, 1.54) is 22.2 Å². The molecule has 1 fully saturated rings. The van der Waals surface area contributed by atoms with Crippen molar-refractivity contribution in [1.82, 2.24) is 24.5 Å². The number of imidazole rings is 1. The molecule has 2 aromatic heterocycles. The minimum Gasteiger partial charge on any atom is -0.350 e. The Bertz CT molecular complexity index is 1260. The summed E-state index contributed by atoms with van der Waals surface area (Å²) in [5, 5.41) is 3.76. The molecule has 11 heteroatoms. The van der Waals surface area contributed by atoms with Gasteiger partial charge in [-0.15, -0.1) is 24.8 Å². The highest BCUT2D eigenvalue weighted by Gasteiger charge is 2.30. The molecular formula is C25H27Cl2N5O3S. The largest absolute Gasteiger partial charge is 0.350 e. The van der Waals surface area contributed by atoms with E-state index in [9.17, 15) is 14.4 Å². The zero-order valence-electron chi connectivity index (χ0n) is 19.5. The van der Waals surface area contributed by atoms with Crippen molar-refractivity contribution in [3.05, 3.63) is 70.9 Å². The lowest BCUT2D eigenvalue weighted by atomic mass is 10.1. The molecule has 190 valence electrons. The van der Waals surface area contributed by atoms with Crippen LogP contribution in [0.15, 0.2) is 64.7 Å². The number of imide groups is 1. The number of aryl methyl sites for hydroxylation is 1. The van der Waals surface area contributed by atoms with Crippen molar-refractivity contribution in [2.75, 3.05) is 32.7 Å². The Morgan fingerprint density at radius 3 is 2.47 bits per heavy atom. The van der Waals surface area contributed by atoms with E-state index in [0.717, 1.165) is 29.2 Å². The van der Waals surface area contributed by atoms with Crippen molar-refractivity contribution in [2.24, 2.45) is 0 Å². The van der Waals surface area contributed by atoms with Crippen LogP contribution in [0, 0.1) is 0 Å². The van der Waals surface area contributed by atoms with Gasteiger partial charge in [0.05, 0.1) is 34.9 Å². The fraction of sp³-hybridized carbons (Fsp3) is 0.280.